The molecule has 0 spiro atoms. The third kappa shape index (κ3) is 1.17. The standard InChI is InChI=1S/C7H6N2OS/c10-6-4-8-9(5-6)7-2-1-3-11-7/h1-4H,5H2. The first-order valence-electron chi connectivity index (χ1n) is 3.24. The van der Waals surface area contributed by atoms with Crippen LogP contribution in [0.2, 0.25) is 0 Å². The van der Waals surface area contributed by atoms with Crippen molar-refractivity contribution < 1.29 is 4.79 Å². The Morgan fingerprint density at radius 2 is 2.55 bits per heavy atom. The normalized spacial score (nSPS) is 16.4. The maximum absolute atomic E-state index is 10.8. The number of carbonyl (C=O) groups is 1. The van der Waals surface area contributed by atoms with Crippen LogP contribution in [0.15, 0.2) is 22.6 Å². The van der Waals surface area contributed by atoms with Gasteiger partial charge in [0, 0.05) is 0 Å². The van der Waals surface area contributed by atoms with E-state index >= 15 is 0 Å². The van der Waals surface area contributed by atoms with Crippen molar-refractivity contribution in [2.75, 3.05) is 11.6 Å². The van der Waals surface area contributed by atoms with Crippen LogP contribution in [0.5, 0.6) is 0 Å². The Morgan fingerprint density at radius 3 is 3.09 bits per heavy atom. The molecule has 4 heteroatoms. The fraction of sp³-hybridized carbons (Fsp3) is 0.143. The molecule has 1 aliphatic heterocycles. The summed E-state index contributed by atoms with van der Waals surface area (Å²) in [6, 6.07) is 3.89. The molecule has 0 unspecified atom stereocenters. The number of hydrogen-bond acceptors (Lipinski definition) is 4. The summed E-state index contributed by atoms with van der Waals surface area (Å²) in [7, 11) is 0. The zero-order chi connectivity index (χ0) is 7.68. The number of rotatable bonds is 1. The number of ketones is 1. The SMILES string of the molecule is O=C1C=NN(c2cccs2)C1. The van der Waals surface area contributed by atoms with Crippen molar-refractivity contribution in [2.45, 2.75) is 0 Å². The van der Waals surface area contributed by atoms with E-state index in [-0.39, 0.29) is 5.78 Å². The lowest BCUT2D eigenvalue weighted by molar-refractivity contribution is -0.110. The van der Waals surface area contributed by atoms with Gasteiger partial charge in [0.2, 0.25) is 0 Å². The molecule has 1 aromatic heterocycles. The van der Waals surface area contributed by atoms with Gasteiger partial charge in [0.15, 0.2) is 5.78 Å². The molecule has 11 heavy (non-hydrogen) atoms. The van der Waals surface area contributed by atoms with Gasteiger partial charge < -0.3 is 0 Å². The van der Waals surface area contributed by atoms with Crippen LogP contribution in [0.3, 0.4) is 0 Å². The molecule has 0 aliphatic carbocycles. The maximum atomic E-state index is 10.8. The zero-order valence-electron chi connectivity index (χ0n) is 5.73. The van der Waals surface area contributed by atoms with Crippen molar-refractivity contribution in [3.63, 3.8) is 0 Å². The van der Waals surface area contributed by atoms with Gasteiger partial charge in [0.05, 0.1) is 6.21 Å². The van der Waals surface area contributed by atoms with Crippen molar-refractivity contribution in [1.82, 2.24) is 0 Å². The molecule has 2 heterocycles. The number of thiophene rings is 1. The lowest BCUT2D eigenvalue weighted by Crippen LogP contribution is -2.15. The quantitative estimate of drug-likeness (QED) is 0.626. The summed E-state index contributed by atoms with van der Waals surface area (Å²) in [5.74, 6) is 0.0680. The smallest absolute Gasteiger partial charge is 0.197 e. The van der Waals surface area contributed by atoms with E-state index in [1.807, 2.05) is 17.5 Å². The molecule has 0 atom stereocenters. The molecule has 0 bridgehead atoms. The van der Waals surface area contributed by atoms with Crippen LogP contribution in [-0.2, 0) is 4.79 Å². The largest absolute Gasteiger partial charge is 0.291 e. The summed E-state index contributed by atoms with van der Waals surface area (Å²) in [5, 5.41) is 8.62. The molecular formula is C7H6N2OS. The molecule has 56 valence electrons. The van der Waals surface area contributed by atoms with Gasteiger partial charge in [0.1, 0.15) is 11.5 Å². The van der Waals surface area contributed by atoms with E-state index in [4.69, 9.17) is 0 Å². The number of nitrogens with zero attached hydrogens (tertiary/aromatic N) is 2. The Labute approximate surface area is 67.9 Å². The van der Waals surface area contributed by atoms with E-state index in [9.17, 15) is 4.79 Å². The van der Waals surface area contributed by atoms with Crippen LogP contribution in [0, 0.1) is 0 Å². The minimum Gasteiger partial charge on any atom is -0.291 e. The highest BCUT2D eigenvalue weighted by Crippen LogP contribution is 2.22. The predicted molar refractivity (Wildman–Crippen MR) is 45.2 cm³/mol. The minimum atomic E-state index is 0.0680. The summed E-state index contributed by atoms with van der Waals surface area (Å²) in [6.45, 7) is 0.389. The first-order chi connectivity index (χ1) is 5.36. The van der Waals surface area contributed by atoms with Gasteiger partial charge in [-0.05, 0) is 17.5 Å². The Bertz CT molecular complexity index is 291. The lowest BCUT2D eigenvalue weighted by Gasteiger charge is -2.07. The van der Waals surface area contributed by atoms with E-state index in [2.05, 4.69) is 5.10 Å². The van der Waals surface area contributed by atoms with Crippen LogP contribution >= 0.6 is 11.3 Å². The molecule has 0 fully saturated rings. The average Bonchev–Trinajstić information content (AvgIpc) is 2.55. The molecule has 0 aromatic carbocycles. The predicted octanol–water partition coefficient (Wildman–Crippen LogP) is 1.12. The fourth-order valence-corrected chi connectivity index (χ4v) is 1.60. The number of Topliss-reactive ketones (excluding diaryl/α,β-unsaturated/α-hetero) is 1. The second-order valence-electron chi connectivity index (χ2n) is 2.22. The highest BCUT2D eigenvalue weighted by Gasteiger charge is 2.15. The summed E-state index contributed by atoms with van der Waals surface area (Å²) >= 11 is 1.58. The lowest BCUT2D eigenvalue weighted by atomic mass is 10.4. The second kappa shape index (κ2) is 2.47. The Morgan fingerprint density at radius 1 is 1.64 bits per heavy atom. The van der Waals surface area contributed by atoms with E-state index in [1.165, 1.54) is 6.21 Å². The van der Waals surface area contributed by atoms with E-state index in [0.29, 0.717) is 6.54 Å². The Kier molecular flexibility index (Phi) is 1.47. The molecule has 1 aromatic rings. The number of hydrazone groups is 1. The highest BCUT2D eigenvalue weighted by molar-refractivity contribution is 7.14. The third-order valence-corrected chi connectivity index (χ3v) is 2.29. The first kappa shape index (κ1) is 6.54. The van der Waals surface area contributed by atoms with Crippen molar-refractivity contribution in [3.8, 4) is 0 Å². The number of carbonyl (C=O) groups excluding carboxylic acids is 1. The van der Waals surface area contributed by atoms with Crippen LogP contribution in [-0.4, -0.2) is 18.5 Å². The van der Waals surface area contributed by atoms with Crippen LogP contribution in [0.4, 0.5) is 5.00 Å². The zero-order valence-corrected chi connectivity index (χ0v) is 6.54. The van der Waals surface area contributed by atoms with Crippen molar-refractivity contribution >= 4 is 28.3 Å². The van der Waals surface area contributed by atoms with E-state index in [0.717, 1.165) is 5.00 Å². The van der Waals surface area contributed by atoms with Crippen molar-refractivity contribution in [1.29, 1.82) is 0 Å². The van der Waals surface area contributed by atoms with Gasteiger partial charge in [-0.1, -0.05) is 0 Å². The molecule has 0 radical (unpaired) electrons. The molecule has 0 saturated heterocycles. The van der Waals surface area contributed by atoms with Gasteiger partial charge >= 0.3 is 0 Å². The fourth-order valence-electron chi connectivity index (χ4n) is 0.915. The van der Waals surface area contributed by atoms with Crippen LogP contribution in [0.25, 0.3) is 0 Å². The summed E-state index contributed by atoms with van der Waals surface area (Å²) in [5.41, 5.74) is 0. The first-order valence-corrected chi connectivity index (χ1v) is 4.12. The molecular weight excluding hydrogens is 160 g/mol. The molecule has 1 aliphatic rings. The second-order valence-corrected chi connectivity index (χ2v) is 3.15. The van der Waals surface area contributed by atoms with Gasteiger partial charge in [-0.2, -0.15) is 5.10 Å². The summed E-state index contributed by atoms with van der Waals surface area (Å²) in [4.78, 5) is 10.8. The minimum absolute atomic E-state index is 0.0680. The summed E-state index contributed by atoms with van der Waals surface area (Å²) in [6.07, 6.45) is 1.36. The molecule has 2 rings (SSSR count). The molecule has 0 N–H and O–H groups in total. The Balaban J connectivity index is 2.21. The van der Waals surface area contributed by atoms with Crippen LogP contribution < -0.4 is 5.01 Å². The van der Waals surface area contributed by atoms with Gasteiger partial charge in [-0.25, -0.2) is 5.01 Å². The van der Waals surface area contributed by atoms with Crippen LogP contribution in [0.1, 0.15) is 0 Å². The summed E-state index contributed by atoms with van der Waals surface area (Å²) < 4.78 is 0. The third-order valence-electron chi connectivity index (χ3n) is 1.41. The Hall–Kier alpha value is -1.16. The maximum Gasteiger partial charge on any atom is 0.197 e. The molecule has 0 amide bonds. The topological polar surface area (TPSA) is 32.7 Å². The van der Waals surface area contributed by atoms with Gasteiger partial charge in [0.25, 0.3) is 0 Å². The number of hydrogen-bond donors (Lipinski definition) is 0. The molecule has 0 saturated carbocycles. The van der Waals surface area contributed by atoms with Crippen molar-refractivity contribution in [3.05, 3.63) is 17.5 Å². The average molecular weight is 166 g/mol. The molecule has 3 nitrogen and oxygen atoms in total. The highest BCUT2D eigenvalue weighted by atomic mass is 32.1. The van der Waals surface area contributed by atoms with Gasteiger partial charge in [-0.3, -0.25) is 4.79 Å². The number of anilines is 1. The van der Waals surface area contributed by atoms with E-state index < -0.39 is 0 Å². The van der Waals surface area contributed by atoms with Crippen molar-refractivity contribution in [2.24, 2.45) is 5.10 Å². The van der Waals surface area contributed by atoms with Gasteiger partial charge in [-0.15, -0.1) is 11.3 Å². The van der Waals surface area contributed by atoms with E-state index in [1.54, 1.807) is 16.3 Å². The monoisotopic (exact) mass is 166 g/mol.